The lowest BCUT2D eigenvalue weighted by Crippen LogP contribution is -2.31. The Balaban J connectivity index is 1.90. The number of benzene rings is 1. The van der Waals surface area contributed by atoms with Gasteiger partial charge in [-0.15, -0.1) is 0 Å². The third-order valence-corrected chi connectivity index (χ3v) is 4.54. The second-order valence-electron chi connectivity index (χ2n) is 6.66. The Morgan fingerprint density at radius 2 is 2.03 bits per heavy atom. The predicted molar refractivity (Wildman–Crippen MR) is 109 cm³/mol. The minimum atomic E-state index is -1.01. The van der Waals surface area contributed by atoms with Crippen LogP contribution in [0.25, 0.3) is 11.2 Å². The molecule has 11 heteroatoms. The van der Waals surface area contributed by atoms with Gasteiger partial charge >= 0.3 is 5.69 Å². The molecule has 0 bridgehead atoms. The number of nitrogens with zero attached hydrogens (tertiary/aromatic N) is 3. The fourth-order valence-electron chi connectivity index (χ4n) is 2.80. The SMILES string of the molecule is C[C@@H](O)CNc1nc2c(c(=O)[nH]c(=O)n2C)n1C[C@H](O)COc1ccccc1Cl. The number of hydrogen-bond acceptors (Lipinski definition) is 7. The molecule has 0 aliphatic rings. The summed E-state index contributed by atoms with van der Waals surface area (Å²) in [5, 5.41) is 23.4. The number of para-hydroxylation sites is 1. The molecule has 1 aromatic carbocycles. The van der Waals surface area contributed by atoms with Crippen molar-refractivity contribution in [2.75, 3.05) is 18.5 Å². The van der Waals surface area contributed by atoms with E-state index in [1.165, 1.54) is 16.2 Å². The van der Waals surface area contributed by atoms with Crippen LogP contribution in [0.4, 0.5) is 5.95 Å². The van der Waals surface area contributed by atoms with Crippen LogP contribution in [0.15, 0.2) is 33.9 Å². The van der Waals surface area contributed by atoms with E-state index in [4.69, 9.17) is 16.3 Å². The van der Waals surface area contributed by atoms with Gasteiger partial charge in [0.05, 0.1) is 17.7 Å². The van der Waals surface area contributed by atoms with Gasteiger partial charge in [0.25, 0.3) is 5.56 Å². The second-order valence-corrected chi connectivity index (χ2v) is 7.07. The second kappa shape index (κ2) is 8.68. The summed E-state index contributed by atoms with van der Waals surface area (Å²) < 4.78 is 8.21. The lowest BCUT2D eigenvalue weighted by atomic mass is 10.3. The van der Waals surface area contributed by atoms with E-state index in [9.17, 15) is 19.8 Å². The van der Waals surface area contributed by atoms with Gasteiger partial charge in [-0.2, -0.15) is 4.98 Å². The first-order valence-electron chi connectivity index (χ1n) is 8.94. The summed E-state index contributed by atoms with van der Waals surface area (Å²) in [5.41, 5.74) is -0.945. The molecule has 10 nitrogen and oxygen atoms in total. The summed E-state index contributed by atoms with van der Waals surface area (Å²) in [4.78, 5) is 30.8. The zero-order valence-corrected chi connectivity index (χ0v) is 16.7. The molecule has 2 aromatic heterocycles. The Kier molecular flexibility index (Phi) is 6.26. The number of anilines is 1. The molecule has 3 rings (SSSR count). The number of ether oxygens (including phenoxy) is 1. The molecule has 4 N–H and O–H groups in total. The largest absolute Gasteiger partial charge is 0.489 e. The van der Waals surface area contributed by atoms with Crippen molar-refractivity contribution < 1.29 is 14.9 Å². The van der Waals surface area contributed by atoms with Crippen LogP contribution in [0.1, 0.15) is 6.92 Å². The fraction of sp³-hybridized carbons (Fsp3) is 0.389. The van der Waals surface area contributed by atoms with Crippen molar-refractivity contribution in [3.8, 4) is 5.75 Å². The molecule has 2 atom stereocenters. The zero-order chi connectivity index (χ0) is 21.1. The van der Waals surface area contributed by atoms with Gasteiger partial charge in [-0.1, -0.05) is 23.7 Å². The van der Waals surface area contributed by atoms with Gasteiger partial charge in [-0.05, 0) is 19.1 Å². The van der Waals surface area contributed by atoms with Crippen LogP contribution < -0.4 is 21.3 Å². The first-order chi connectivity index (χ1) is 13.8. The first-order valence-corrected chi connectivity index (χ1v) is 9.32. The smallest absolute Gasteiger partial charge is 0.329 e. The number of aromatic amines is 1. The molecule has 2 heterocycles. The third-order valence-electron chi connectivity index (χ3n) is 4.22. The minimum Gasteiger partial charge on any atom is -0.489 e. The van der Waals surface area contributed by atoms with E-state index < -0.39 is 23.5 Å². The van der Waals surface area contributed by atoms with E-state index >= 15 is 0 Å². The molecule has 3 aromatic rings. The highest BCUT2D eigenvalue weighted by Crippen LogP contribution is 2.23. The van der Waals surface area contributed by atoms with Crippen LogP contribution in [0, 0.1) is 0 Å². The van der Waals surface area contributed by atoms with Crippen molar-refractivity contribution in [3.05, 3.63) is 50.1 Å². The maximum atomic E-state index is 12.4. The molecule has 0 aliphatic heterocycles. The molecule has 0 fully saturated rings. The normalized spacial score (nSPS) is 13.4. The van der Waals surface area contributed by atoms with Crippen molar-refractivity contribution in [2.45, 2.75) is 25.7 Å². The number of aromatic nitrogens is 4. The number of halogens is 1. The van der Waals surface area contributed by atoms with Crippen LogP contribution in [0.2, 0.25) is 5.02 Å². The first kappa shape index (κ1) is 20.9. The molecular weight excluding hydrogens is 402 g/mol. The Morgan fingerprint density at radius 1 is 1.31 bits per heavy atom. The lowest BCUT2D eigenvalue weighted by molar-refractivity contribution is 0.0938. The Labute approximate surface area is 170 Å². The van der Waals surface area contributed by atoms with Gasteiger partial charge in [-0.25, -0.2) is 4.79 Å². The van der Waals surface area contributed by atoms with Gasteiger partial charge in [-0.3, -0.25) is 14.3 Å². The van der Waals surface area contributed by atoms with E-state index in [0.717, 1.165) is 0 Å². The maximum absolute atomic E-state index is 12.4. The van der Waals surface area contributed by atoms with Gasteiger partial charge in [0.15, 0.2) is 11.2 Å². The molecule has 0 saturated heterocycles. The Hall–Kier alpha value is -2.82. The molecule has 0 aliphatic carbocycles. The van der Waals surface area contributed by atoms with Crippen LogP contribution in [-0.4, -0.2) is 54.7 Å². The lowest BCUT2D eigenvalue weighted by Gasteiger charge is -2.16. The number of hydrogen-bond donors (Lipinski definition) is 4. The number of H-pyrrole nitrogens is 1. The minimum absolute atomic E-state index is 0.0373. The van der Waals surface area contributed by atoms with Crippen molar-refractivity contribution in [1.82, 2.24) is 19.1 Å². The van der Waals surface area contributed by atoms with Gasteiger partial charge in [0.1, 0.15) is 18.5 Å². The monoisotopic (exact) mass is 423 g/mol. The van der Waals surface area contributed by atoms with Crippen LogP contribution in [-0.2, 0) is 13.6 Å². The summed E-state index contributed by atoms with van der Waals surface area (Å²) in [6.45, 7) is 1.64. The van der Waals surface area contributed by atoms with E-state index in [-0.39, 0.29) is 36.8 Å². The number of aryl methyl sites for hydroxylation is 1. The van der Waals surface area contributed by atoms with Crippen molar-refractivity contribution in [3.63, 3.8) is 0 Å². The number of aliphatic hydroxyl groups excluding tert-OH is 2. The summed E-state index contributed by atoms with van der Waals surface area (Å²) in [6, 6.07) is 6.87. The van der Waals surface area contributed by atoms with E-state index in [1.807, 2.05) is 0 Å². The molecule has 29 heavy (non-hydrogen) atoms. The van der Waals surface area contributed by atoms with Crippen LogP contribution in [0.3, 0.4) is 0 Å². The van der Waals surface area contributed by atoms with Crippen molar-refractivity contribution in [2.24, 2.45) is 7.05 Å². The molecule has 0 radical (unpaired) electrons. The van der Waals surface area contributed by atoms with Crippen LogP contribution >= 0.6 is 11.6 Å². The average Bonchev–Trinajstić information content (AvgIpc) is 3.03. The molecule has 156 valence electrons. The van der Waals surface area contributed by atoms with Gasteiger partial charge in [0.2, 0.25) is 5.95 Å². The van der Waals surface area contributed by atoms with E-state index in [1.54, 1.807) is 31.2 Å². The summed E-state index contributed by atoms with van der Waals surface area (Å²) in [6.07, 6.45) is -1.67. The van der Waals surface area contributed by atoms with E-state index in [0.29, 0.717) is 10.8 Å². The third kappa shape index (κ3) is 4.61. The highest BCUT2D eigenvalue weighted by atomic mass is 35.5. The fourth-order valence-corrected chi connectivity index (χ4v) is 2.99. The molecular formula is C18H22ClN5O5. The van der Waals surface area contributed by atoms with Crippen molar-refractivity contribution >= 4 is 28.7 Å². The van der Waals surface area contributed by atoms with E-state index in [2.05, 4.69) is 15.3 Å². The number of nitrogens with one attached hydrogen (secondary N) is 2. The Morgan fingerprint density at radius 3 is 2.72 bits per heavy atom. The molecule has 0 amide bonds. The van der Waals surface area contributed by atoms with Gasteiger partial charge < -0.3 is 24.8 Å². The van der Waals surface area contributed by atoms with Gasteiger partial charge in [0, 0.05) is 13.6 Å². The summed E-state index contributed by atoms with van der Waals surface area (Å²) in [7, 11) is 1.48. The highest BCUT2D eigenvalue weighted by Gasteiger charge is 2.20. The maximum Gasteiger partial charge on any atom is 0.329 e. The number of imidazole rings is 1. The number of fused-ring (bicyclic) bond motifs is 1. The number of aliphatic hydroxyl groups is 2. The zero-order valence-electron chi connectivity index (χ0n) is 15.9. The molecule has 0 saturated carbocycles. The topological polar surface area (TPSA) is 134 Å². The quantitative estimate of drug-likeness (QED) is 0.409. The predicted octanol–water partition coefficient (Wildman–Crippen LogP) is 0.309. The highest BCUT2D eigenvalue weighted by molar-refractivity contribution is 6.32. The Bertz CT molecular complexity index is 1120. The number of rotatable bonds is 8. The summed E-state index contributed by atoms with van der Waals surface area (Å²) >= 11 is 6.04. The summed E-state index contributed by atoms with van der Waals surface area (Å²) in [5.74, 6) is 0.667. The van der Waals surface area contributed by atoms with Crippen LogP contribution in [0.5, 0.6) is 5.75 Å². The average molecular weight is 424 g/mol. The molecule has 0 spiro atoms. The molecule has 0 unspecified atom stereocenters. The standard InChI is InChI=1S/C18H22ClN5O5/c1-10(25)7-20-17-21-15-14(16(27)22-18(28)23(15)2)24(17)8-11(26)9-29-13-6-4-3-5-12(13)19/h3-6,10-11,25-26H,7-9H2,1-2H3,(H,20,21)(H,22,27,28)/t10-,11+/m1/s1. The van der Waals surface area contributed by atoms with Crippen molar-refractivity contribution in [1.29, 1.82) is 0 Å².